The van der Waals surface area contributed by atoms with Crippen LogP contribution in [0.4, 0.5) is 5.69 Å². The number of rotatable bonds is 8. The smallest absolute Gasteiger partial charge is 0.317 e. The van der Waals surface area contributed by atoms with Crippen LogP contribution in [0.1, 0.15) is 17.0 Å². The lowest BCUT2D eigenvalue weighted by Crippen LogP contribution is -2.43. The predicted molar refractivity (Wildman–Crippen MR) is 131 cm³/mol. The van der Waals surface area contributed by atoms with Gasteiger partial charge in [-0.15, -0.1) is 0 Å². The topological polar surface area (TPSA) is 110 Å². The van der Waals surface area contributed by atoms with Gasteiger partial charge in [-0.25, -0.2) is 0 Å². The second-order valence-corrected chi connectivity index (χ2v) is 8.47. The fourth-order valence-corrected chi connectivity index (χ4v) is 4.06. The average Bonchev–Trinajstić information content (AvgIpc) is 2.78. The van der Waals surface area contributed by atoms with Crippen molar-refractivity contribution in [3.05, 3.63) is 59.4 Å². The Morgan fingerprint density at radius 1 is 0.882 bits per heavy atom. The van der Waals surface area contributed by atoms with Gasteiger partial charge < -0.3 is 15.1 Å². The lowest BCUT2D eigenvalue weighted by molar-refractivity contribution is -0.139. The molecular weight excluding hydrogens is 454 g/mol. The summed E-state index contributed by atoms with van der Waals surface area (Å²) in [6, 6.07) is 13.4. The van der Waals surface area contributed by atoms with Crippen LogP contribution in [-0.4, -0.2) is 92.8 Å². The number of nitrogens with zero attached hydrogens (tertiary/aromatic N) is 5. The molecule has 10 heteroatoms. The highest BCUT2D eigenvalue weighted by atomic mass is 32.1. The first kappa shape index (κ1) is 25.6. The van der Waals surface area contributed by atoms with Gasteiger partial charge in [-0.1, -0.05) is 18.2 Å². The summed E-state index contributed by atoms with van der Waals surface area (Å²) in [6.07, 6.45) is 0.806. The summed E-state index contributed by atoms with van der Waals surface area (Å²) in [5, 5.41) is 21.1. The van der Waals surface area contributed by atoms with Crippen LogP contribution in [-0.2, 0) is 29.1 Å². The second-order valence-electron chi connectivity index (χ2n) is 8.29. The molecule has 1 aromatic carbocycles. The lowest BCUT2D eigenvalue weighted by atomic mass is 10.1. The molecule has 2 heterocycles. The Morgan fingerprint density at radius 3 is 1.91 bits per heavy atom. The highest BCUT2D eigenvalue weighted by Crippen LogP contribution is 2.14. The first-order valence-electron chi connectivity index (χ1n) is 11.1. The number of hydrogen-bond donors (Lipinski definition) is 2. The molecule has 2 N–H and O–H groups in total. The Bertz CT molecular complexity index is 981. The zero-order valence-electron chi connectivity index (χ0n) is 19.0. The van der Waals surface area contributed by atoms with E-state index in [0.717, 1.165) is 35.6 Å². The molecule has 0 fully saturated rings. The molecular formula is C24H29N5O4S. The fourth-order valence-electron chi connectivity index (χ4n) is 3.95. The lowest BCUT2D eigenvalue weighted by Gasteiger charge is -2.30. The molecule has 1 aliphatic rings. The third kappa shape index (κ3) is 8.74. The summed E-state index contributed by atoms with van der Waals surface area (Å²) in [5.74, 6) is -1.75. The zero-order valence-corrected chi connectivity index (χ0v) is 19.8. The van der Waals surface area contributed by atoms with Gasteiger partial charge in [0.15, 0.2) is 0 Å². The third-order valence-electron chi connectivity index (χ3n) is 5.65. The van der Waals surface area contributed by atoms with Crippen molar-refractivity contribution >= 4 is 35.0 Å². The van der Waals surface area contributed by atoms with Crippen molar-refractivity contribution in [2.24, 2.45) is 4.99 Å². The molecule has 3 rings (SSSR count). The number of carbonyl (C=O) groups is 2. The molecule has 0 spiro atoms. The van der Waals surface area contributed by atoms with Gasteiger partial charge >= 0.3 is 11.9 Å². The van der Waals surface area contributed by atoms with Crippen LogP contribution < -0.4 is 0 Å². The maximum atomic E-state index is 11.4. The summed E-state index contributed by atoms with van der Waals surface area (Å²) in [6.45, 7) is 3.96. The van der Waals surface area contributed by atoms with Gasteiger partial charge in [0.1, 0.15) is 0 Å². The largest absolute Gasteiger partial charge is 0.480 e. The SMILES string of the molecule is O=C(O)CN1CCN(CCc2ccc(N=C=S)cc2)CCN(CC(=O)O)Cc2cccc(n2)C1. The van der Waals surface area contributed by atoms with Crippen LogP contribution in [0.25, 0.3) is 0 Å². The number of isothiocyanates is 1. The molecule has 0 amide bonds. The minimum atomic E-state index is -0.874. The summed E-state index contributed by atoms with van der Waals surface area (Å²) in [7, 11) is 0. The summed E-state index contributed by atoms with van der Waals surface area (Å²) in [4.78, 5) is 37.5. The summed E-state index contributed by atoms with van der Waals surface area (Å²) in [5.41, 5.74) is 3.47. The fraction of sp³-hybridized carbons (Fsp3) is 0.417. The van der Waals surface area contributed by atoms with E-state index in [4.69, 9.17) is 0 Å². The van der Waals surface area contributed by atoms with Gasteiger partial charge in [0.05, 0.1) is 35.3 Å². The normalized spacial score (nSPS) is 16.1. The van der Waals surface area contributed by atoms with E-state index in [-0.39, 0.29) is 13.1 Å². The Balaban J connectivity index is 1.75. The van der Waals surface area contributed by atoms with Crippen LogP contribution in [0.2, 0.25) is 0 Å². The number of aliphatic carboxylic acids is 2. The minimum absolute atomic E-state index is 0.0628. The van der Waals surface area contributed by atoms with Crippen molar-refractivity contribution in [2.45, 2.75) is 19.5 Å². The molecule has 2 aromatic rings. The van der Waals surface area contributed by atoms with Crippen LogP contribution >= 0.6 is 12.2 Å². The van der Waals surface area contributed by atoms with E-state index in [2.05, 4.69) is 32.3 Å². The number of thiocarbonyl (C=S) groups is 1. The molecule has 1 aromatic heterocycles. The standard InChI is InChI=1S/C24H29N5O4S/c30-23(31)16-28-12-10-27(9-8-19-4-6-20(7-5-19)25-18-34)11-13-29(17-24(32)33)15-22-3-1-2-21(14-28)26-22/h1-7H,8-17H2,(H,30,31)(H,32,33). The molecule has 0 unspecified atom stereocenters. The van der Waals surface area contributed by atoms with Gasteiger partial charge in [-0.05, 0) is 48.5 Å². The Morgan fingerprint density at radius 2 is 1.41 bits per heavy atom. The van der Waals surface area contributed by atoms with Gasteiger partial charge in [0.25, 0.3) is 0 Å². The van der Waals surface area contributed by atoms with E-state index >= 15 is 0 Å². The maximum Gasteiger partial charge on any atom is 0.317 e. The molecule has 2 bridgehead atoms. The van der Waals surface area contributed by atoms with E-state index in [0.29, 0.717) is 39.3 Å². The average molecular weight is 484 g/mol. The van der Waals surface area contributed by atoms with E-state index < -0.39 is 11.9 Å². The number of fused-ring (bicyclic) bond motifs is 2. The predicted octanol–water partition coefficient (Wildman–Crippen LogP) is 2.15. The highest BCUT2D eigenvalue weighted by molar-refractivity contribution is 7.78. The Kier molecular flexibility index (Phi) is 9.81. The van der Waals surface area contributed by atoms with Gasteiger partial charge in [0, 0.05) is 45.8 Å². The number of carboxylic acids is 2. The minimum Gasteiger partial charge on any atom is -0.480 e. The number of pyridine rings is 1. The molecule has 180 valence electrons. The quantitative estimate of drug-likeness (QED) is 0.431. The van der Waals surface area contributed by atoms with Crippen molar-refractivity contribution in [3.8, 4) is 0 Å². The number of aromatic nitrogens is 1. The van der Waals surface area contributed by atoms with Crippen molar-refractivity contribution in [1.82, 2.24) is 19.7 Å². The van der Waals surface area contributed by atoms with Crippen LogP contribution in [0, 0.1) is 0 Å². The van der Waals surface area contributed by atoms with Crippen molar-refractivity contribution < 1.29 is 19.8 Å². The van der Waals surface area contributed by atoms with E-state index in [1.807, 2.05) is 52.3 Å². The maximum absolute atomic E-state index is 11.4. The van der Waals surface area contributed by atoms with E-state index in [1.54, 1.807) is 0 Å². The molecule has 0 saturated heterocycles. The molecule has 34 heavy (non-hydrogen) atoms. The van der Waals surface area contributed by atoms with Crippen LogP contribution in [0.15, 0.2) is 47.5 Å². The summed E-state index contributed by atoms with van der Waals surface area (Å²) >= 11 is 4.64. The van der Waals surface area contributed by atoms with E-state index in [9.17, 15) is 19.8 Å². The number of benzene rings is 1. The molecule has 9 nitrogen and oxygen atoms in total. The summed E-state index contributed by atoms with van der Waals surface area (Å²) < 4.78 is 0. The molecule has 0 aliphatic carbocycles. The van der Waals surface area contributed by atoms with Crippen molar-refractivity contribution in [1.29, 1.82) is 0 Å². The van der Waals surface area contributed by atoms with E-state index in [1.165, 1.54) is 0 Å². The first-order valence-corrected chi connectivity index (χ1v) is 11.5. The molecule has 0 atom stereocenters. The van der Waals surface area contributed by atoms with Crippen molar-refractivity contribution in [3.63, 3.8) is 0 Å². The Labute approximate surface area is 204 Å². The third-order valence-corrected chi connectivity index (χ3v) is 5.74. The van der Waals surface area contributed by atoms with Crippen LogP contribution in [0.3, 0.4) is 0 Å². The molecule has 0 saturated carbocycles. The molecule has 1 aliphatic heterocycles. The second kappa shape index (κ2) is 13.0. The number of hydrogen-bond acceptors (Lipinski definition) is 8. The molecule has 0 radical (unpaired) electrons. The van der Waals surface area contributed by atoms with Crippen molar-refractivity contribution in [2.75, 3.05) is 45.8 Å². The monoisotopic (exact) mass is 483 g/mol. The highest BCUT2D eigenvalue weighted by Gasteiger charge is 2.18. The zero-order chi connectivity index (χ0) is 24.3. The Hall–Kier alpha value is -3.01. The van der Waals surface area contributed by atoms with Gasteiger partial charge in [0.2, 0.25) is 0 Å². The van der Waals surface area contributed by atoms with Gasteiger partial charge in [-0.2, -0.15) is 4.99 Å². The van der Waals surface area contributed by atoms with Crippen LogP contribution in [0.5, 0.6) is 0 Å². The first-order chi connectivity index (χ1) is 16.4. The number of carboxylic acid groups (broad SMARTS) is 2. The number of aliphatic imine (C=N–C) groups is 1. The van der Waals surface area contributed by atoms with Gasteiger partial charge in [-0.3, -0.25) is 24.4 Å².